The van der Waals surface area contributed by atoms with E-state index >= 15 is 4.39 Å². The number of pyridine rings is 1. The van der Waals surface area contributed by atoms with Crippen LogP contribution in [0.2, 0.25) is 0 Å². The van der Waals surface area contributed by atoms with Crippen molar-refractivity contribution in [3.05, 3.63) is 76.7 Å². The molecule has 7 nitrogen and oxygen atoms in total. The summed E-state index contributed by atoms with van der Waals surface area (Å²) in [6, 6.07) is 14.6. The van der Waals surface area contributed by atoms with E-state index in [4.69, 9.17) is 14.2 Å². The Morgan fingerprint density at radius 3 is 2.70 bits per heavy atom. The van der Waals surface area contributed by atoms with Crippen molar-refractivity contribution in [1.29, 1.82) is 0 Å². The first-order valence-corrected chi connectivity index (χ1v) is 15.9. The lowest BCUT2D eigenvalue weighted by Gasteiger charge is -2.30. The van der Waals surface area contributed by atoms with Crippen LogP contribution in [0.25, 0.3) is 11.1 Å². The lowest BCUT2D eigenvalue weighted by atomic mass is 9.82. The third-order valence-corrected chi connectivity index (χ3v) is 9.84. The van der Waals surface area contributed by atoms with E-state index in [2.05, 4.69) is 40.2 Å². The number of aliphatic carboxylic acids is 1. The molecule has 3 aromatic rings. The number of hydrogen-bond donors (Lipinski definition) is 1. The number of rotatable bonds is 12. The molecule has 1 saturated heterocycles. The summed E-state index contributed by atoms with van der Waals surface area (Å²) in [7, 11) is 3.28. The molecule has 0 amide bonds. The number of likely N-dealkylation sites (tertiary alicyclic amines) is 1. The van der Waals surface area contributed by atoms with Crippen LogP contribution in [0.15, 0.2) is 48.7 Å². The summed E-state index contributed by atoms with van der Waals surface area (Å²) >= 11 is 0. The van der Waals surface area contributed by atoms with Crippen molar-refractivity contribution in [1.82, 2.24) is 9.88 Å². The Morgan fingerprint density at radius 2 is 1.95 bits per heavy atom. The number of carboxylic acid groups (broad SMARTS) is 1. The molecule has 0 bridgehead atoms. The maximum absolute atomic E-state index is 15.2. The summed E-state index contributed by atoms with van der Waals surface area (Å²) in [4.78, 5) is 18.5. The Labute approximate surface area is 259 Å². The van der Waals surface area contributed by atoms with Crippen molar-refractivity contribution in [2.24, 2.45) is 11.8 Å². The zero-order valence-electron chi connectivity index (χ0n) is 25.9. The number of nitrogens with zero attached hydrogens (tertiary/aromatic N) is 2. The summed E-state index contributed by atoms with van der Waals surface area (Å²) < 4.78 is 32.6. The lowest BCUT2D eigenvalue weighted by Crippen LogP contribution is -2.30. The van der Waals surface area contributed by atoms with Crippen LogP contribution in [0.3, 0.4) is 0 Å². The first kappa shape index (κ1) is 30.5. The van der Waals surface area contributed by atoms with E-state index in [0.717, 1.165) is 85.1 Å². The van der Waals surface area contributed by atoms with Gasteiger partial charge in [0, 0.05) is 37.9 Å². The molecule has 1 aromatic heterocycles. The Bertz CT molecular complexity index is 1490. The van der Waals surface area contributed by atoms with Gasteiger partial charge in [0.2, 0.25) is 5.88 Å². The average molecular weight is 603 g/mol. The van der Waals surface area contributed by atoms with Gasteiger partial charge in [-0.2, -0.15) is 0 Å². The third-order valence-electron chi connectivity index (χ3n) is 9.84. The highest BCUT2D eigenvalue weighted by Crippen LogP contribution is 2.48. The molecule has 0 unspecified atom stereocenters. The van der Waals surface area contributed by atoms with E-state index in [0.29, 0.717) is 36.6 Å². The Morgan fingerprint density at radius 1 is 1.11 bits per heavy atom. The molecule has 234 valence electrons. The second kappa shape index (κ2) is 13.2. The van der Waals surface area contributed by atoms with E-state index in [1.54, 1.807) is 13.2 Å². The molecule has 0 radical (unpaired) electrons. The maximum atomic E-state index is 15.2. The van der Waals surface area contributed by atoms with Gasteiger partial charge in [0.05, 0.1) is 19.2 Å². The quantitative estimate of drug-likeness (QED) is 0.235. The standard InChI is InChI=1S/C36H43FN2O5/c1-22(36(40)41)35(24-7-8-24)26-9-6-23-11-13-32(44-33(23)18-26)25-10-12-29(30-19-34(43-3)38-20-31(30)37)27(17-25)21-39-15-4-5-28(39)14-16-42-2/h6,9-10,12,17-20,22,24,28,32,35H,4-5,7-8,11,13-16,21H2,1-3H3,(H,40,41)/t22-,28+,32+,35-/m0/s1. The number of carboxylic acids is 1. The molecule has 1 aliphatic carbocycles. The largest absolute Gasteiger partial charge is 0.485 e. The first-order valence-electron chi connectivity index (χ1n) is 15.9. The summed E-state index contributed by atoms with van der Waals surface area (Å²) in [6.45, 7) is 4.23. The number of aryl methyl sites for hydroxylation is 1. The van der Waals surface area contributed by atoms with Crippen molar-refractivity contribution >= 4 is 5.97 Å². The van der Waals surface area contributed by atoms with Gasteiger partial charge in [-0.3, -0.25) is 9.69 Å². The number of aromatic nitrogens is 1. The summed E-state index contributed by atoms with van der Waals surface area (Å²) in [6.07, 6.45) is 8.16. The second-order valence-corrected chi connectivity index (χ2v) is 12.7. The van der Waals surface area contributed by atoms with Crippen LogP contribution in [0, 0.1) is 17.7 Å². The molecule has 8 heteroatoms. The zero-order valence-corrected chi connectivity index (χ0v) is 25.9. The van der Waals surface area contributed by atoms with Gasteiger partial charge in [-0.05, 0) is 97.2 Å². The van der Waals surface area contributed by atoms with Crippen molar-refractivity contribution in [2.45, 2.75) is 76.5 Å². The van der Waals surface area contributed by atoms with E-state index in [1.165, 1.54) is 13.3 Å². The van der Waals surface area contributed by atoms with Crippen molar-refractivity contribution in [2.75, 3.05) is 27.4 Å². The molecule has 0 spiro atoms. The highest BCUT2D eigenvalue weighted by Gasteiger charge is 2.39. The second-order valence-electron chi connectivity index (χ2n) is 12.7. The molecule has 1 N–H and O–H groups in total. The molecular formula is C36H43FN2O5. The van der Waals surface area contributed by atoms with Gasteiger partial charge in [-0.15, -0.1) is 0 Å². The number of carbonyl (C=O) groups is 1. The molecule has 3 heterocycles. The predicted octanol–water partition coefficient (Wildman–Crippen LogP) is 7.18. The number of fused-ring (bicyclic) bond motifs is 1. The minimum Gasteiger partial charge on any atom is -0.485 e. The molecule has 44 heavy (non-hydrogen) atoms. The zero-order chi connectivity index (χ0) is 30.8. The number of hydrogen-bond acceptors (Lipinski definition) is 6. The minimum absolute atomic E-state index is 0.00794. The van der Waals surface area contributed by atoms with Crippen molar-refractivity contribution in [3.8, 4) is 22.8 Å². The molecule has 1 saturated carbocycles. The molecule has 3 aliphatic rings. The number of halogens is 1. The highest BCUT2D eigenvalue weighted by molar-refractivity contribution is 5.71. The smallest absolute Gasteiger partial charge is 0.306 e. The van der Waals surface area contributed by atoms with Crippen molar-refractivity contribution < 1.29 is 28.5 Å². The van der Waals surface area contributed by atoms with Gasteiger partial charge in [-0.25, -0.2) is 9.37 Å². The van der Waals surface area contributed by atoms with E-state index < -0.39 is 11.9 Å². The summed E-state index contributed by atoms with van der Waals surface area (Å²) in [5.74, 6) is 0.0493. The van der Waals surface area contributed by atoms with Crippen LogP contribution in [0.5, 0.6) is 11.6 Å². The van der Waals surface area contributed by atoms with Gasteiger partial charge in [-0.1, -0.05) is 37.3 Å². The van der Waals surface area contributed by atoms with Gasteiger partial charge >= 0.3 is 5.97 Å². The summed E-state index contributed by atoms with van der Waals surface area (Å²) in [5.41, 5.74) is 5.62. The van der Waals surface area contributed by atoms with Gasteiger partial charge in [0.15, 0.2) is 0 Å². The molecule has 2 aromatic carbocycles. The van der Waals surface area contributed by atoms with E-state index in [9.17, 15) is 9.90 Å². The Kier molecular flexibility index (Phi) is 9.19. The minimum atomic E-state index is -0.753. The fourth-order valence-corrected chi connectivity index (χ4v) is 7.25. The third kappa shape index (κ3) is 6.47. The van der Waals surface area contributed by atoms with Gasteiger partial charge in [0.25, 0.3) is 0 Å². The fraction of sp³-hybridized carbons (Fsp3) is 0.500. The van der Waals surface area contributed by atoms with Gasteiger partial charge < -0.3 is 19.3 Å². The maximum Gasteiger partial charge on any atom is 0.306 e. The molecule has 2 aliphatic heterocycles. The Balaban J connectivity index is 1.32. The molecular weight excluding hydrogens is 559 g/mol. The number of ether oxygens (including phenoxy) is 3. The predicted molar refractivity (Wildman–Crippen MR) is 167 cm³/mol. The van der Waals surface area contributed by atoms with Crippen molar-refractivity contribution in [3.63, 3.8) is 0 Å². The van der Waals surface area contributed by atoms with Gasteiger partial charge in [0.1, 0.15) is 17.7 Å². The normalized spacial score (nSPS) is 21.4. The van der Waals surface area contributed by atoms with Crippen LogP contribution < -0.4 is 9.47 Å². The van der Waals surface area contributed by atoms with Crippen LogP contribution in [0.4, 0.5) is 4.39 Å². The van der Waals surface area contributed by atoms with Crippen LogP contribution in [-0.2, 0) is 22.5 Å². The molecule has 2 fully saturated rings. The van der Waals surface area contributed by atoms with Crippen LogP contribution >= 0.6 is 0 Å². The van der Waals surface area contributed by atoms with Crippen LogP contribution in [0.1, 0.15) is 79.7 Å². The lowest BCUT2D eigenvalue weighted by molar-refractivity contribution is -0.142. The highest BCUT2D eigenvalue weighted by atomic mass is 19.1. The summed E-state index contributed by atoms with van der Waals surface area (Å²) in [5, 5.41) is 9.78. The van der Waals surface area contributed by atoms with E-state index in [-0.39, 0.29) is 17.8 Å². The van der Waals surface area contributed by atoms with Crippen LogP contribution in [-0.4, -0.2) is 54.4 Å². The first-order chi connectivity index (χ1) is 21.4. The van der Waals surface area contributed by atoms with E-state index in [1.807, 2.05) is 13.0 Å². The number of methoxy groups -OCH3 is 2. The molecule has 4 atom stereocenters. The topological polar surface area (TPSA) is 81.1 Å². The fourth-order valence-electron chi connectivity index (χ4n) is 7.25. The monoisotopic (exact) mass is 602 g/mol. The average Bonchev–Trinajstić information content (AvgIpc) is 3.77. The number of benzene rings is 2. The molecule has 6 rings (SSSR count). The SMILES string of the molecule is COCC[C@H]1CCCN1Cc1cc([C@H]2CCc3ccc([C@H](C4CC4)[C@H](C)C(=O)O)cc3O2)ccc1-c1cc(OC)ncc1F. The Hall–Kier alpha value is -3.49.